The van der Waals surface area contributed by atoms with Gasteiger partial charge in [0.2, 0.25) is 0 Å². The number of aliphatic hydroxyl groups is 1. The van der Waals surface area contributed by atoms with Crippen LogP contribution < -0.4 is 10.2 Å². The first-order valence-electron chi connectivity index (χ1n) is 14.0. The number of ether oxygens (including phenoxy) is 2. The normalized spacial score (nSPS) is 19.6. The zero-order valence-electron chi connectivity index (χ0n) is 24.4. The number of carbonyl (C=O) groups is 1. The van der Waals surface area contributed by atoms with Gasteiger partial charge in [0, 0.05) is 24.8 Å². The van der Waals surface area contributed by atoms with E-state index in [2.05, 4.69) is 10.1 Å². The second-order valence-electron chi connectivity index (χ2n) is 10.6. The maximum Gasteiger partial charge on any atom is 0.416 e. The van der Waals surface area contributed by atoms with E-state index in [0.29, 0.717) is 16.8 Å². The smallest absolute Gasteiger partial charge is 0.394 e. The van der Waals surface area contributed by atoms with Crippen LogP contribution in [0.1, 0.15) is 46.4 Å². The standard InChI is InChI=1S/C31H33F5N2O6S/c1-3-45(41,42)26-14-6-20(7-15-26)27(17-39)37-28(40)21-4-12-24(13-5-21)38-19-30(43-2,16-25(38)18-44-29(32)33)22-8-10-23(11-9-22)31(34,35)36/h4-15,25,27,29,39H,3,16-19H2,1-2H3,(H,37,40)/t25-,27-,30?/m0/s1. The maximum atomic E-state index is 13.1. The molecule has 3 atom stereocenters. The number of aliphatic hydroxyl groups excluding tert-OH is 1. The molecule has 0 bridgehead atoms. The number of nitrogens with one attached hydrogen (secondary N) is 1. The first-order chi connectivity index (χ1) is 21.2. The number of alkyl halides is 5. The molecule has 3 aromatic carbocycles. The average Bonchev–Trinajstić information content (AvgIpc) is 3.42. The number of amides is 1. The number of halogens is 5. The zero-order valence-corrected chi connectivity index (χ0v) is 25.2. The van der Waals surface area contributed by atoms with Gasteiger partial charge in [-0.2, -0.15) is 22.0 Å². The van der Waals surface area contributed by atoms with Crippen molar-refractivity contribution in [2.75, 3.05) is 37.5 Å². The summed E-state index contributed by atoms with van der Waals surface area (Å²) in [4.78, 5) is 14.9. The van der Waals surface area contributed by atoms with Crippen LogP contribution in [0.25, 0.3) is 0 Å². The molecule has 45 heavy (non-hydrogen) atoms. The van der Waals surface area contributed by atoms with E-state index in [0.717, 1.165) is 12.1 Å². The van der Waals surface area contributed by atoms with E-state index in [1.807, 2.05) is 0 Å². The summed E-state index contributed by atoms with van der Waals surface area (Å²) in [6.45, 7) is -2.24. The van der Waals surface area contributed by atoms with Crippen LogP contribution in [0.15, 0.2) is 77.7 Å². The Balaban J connectivity index is 1.53. The van der Waals surface area contributed by atoms with E-state index in [-0.39, 0.29) is 35.8 Å². The van der Waals surface area contributed by atoms with Crippen LogP contribution in [0.5, 0.6) is 0 Å². The van der Waals surface area contributed by atoms with Gasteiger partial charge in [-0.05, 0) is 59.7 Å². The van der Waals surface area contributed by atoms with E-state index >= 15 is 0 Å². The monoisotopic (exact) mass is 656 g/mol. The fourth-order valence-electron chi connectivity index (χ4n) is 5.39. The van der Waals surface area contributed by atoms with Crippen molar-refractivity contribution in [2.24, 2.45) is 0 Å². The predicted molar refractivity (Wildman–Crippen MR) is 156 cm³/mol. The van der Waals surface area contributed by atoms with E-state index < -0.39 is 58.4 Å². The highest BCUT2D eigenvalue weighted by atomic mass is 32.2. The average molecular weight is 657 g/mol. The Kier molecular flexibility index (Phi) is 10.5. The molecule has 1 aliphatic rings. The van der Waals surface area contributed by atoms with Crippen LogP contribution in [0.2, 0.25) is 0 Å². The van der Waals surface area contributed by atoms with E-state index in [4.69, 9.17) is 4.74 Å². The highest BCUT2D eigenvalue weighted by molar-refractivity contribution is 7.91. The molecule has 4 rings (SSSR count). The first-order valence-corrected chi connectivity index (χ1v) is 15.6. The van der Waals surface area contributed by atoms with Crippen molar-refractivity contribution in [3.05, 3.63) is 95.1 Å². The fourth-order valence-corrected chi connectivity index (χ4v) is 6.27. The second-order valence-corrected chi connectivity index (χ2v) is 12.9. The van der Waals surface area contributed by atoms with Gasteiger partial charge in [-0.15, -0.1) is 0 Å². The summed E-state index contributed by atoms with van der Waals surface area (Å²) in [5.41, 5.74) is -0.265. The molecule has 1 heterocycles. The molecule has 1 amide bonds. The number of nitrogens with zero attached hydrogens (tertiary/aromatic N) is 1. The van der Waals surface area contributed by atoms with Gasteiger partial charge in [0.05, 0.1) is 48.1 Å². The maximum absolute atomic E-state index is 13.1. The summed E-state index contributed by atoms with van der Waals surface area (Å²) in [6, 6.07) is 15.1. The Bertz CT molecular complexity index is 1550. The molecular formula is C31H33F5N2O6S. The van der Waals surface area contributed by atoms with Crippen molar-refractivity contribution in [3.63, 3.8) is 0 Å². The van der Waals surface area contributed by atoms with Crippen molar-refractivity contribution < 1.29 is 49.7 Å². The first kappa shape index (κ1) is 34.3. The number of hydrogen-bond donors (Lipinski definition) is 2. The Labute approximate surface area is 257 Å². The summed E-state index contributed by atoms with van der Waals surface area (Å²) < 4.78 is 100.0. The van der Waals surface area contributed by atoms with Gasteiger partial charge < -0.3 is 24.8 Å². The number of methoxy groups -OCH3 is 1. The SMILES string of the molecule is CCS(=O)(=O)c1ccc([C@H](CO)NC(=O)c2ccc(N3CC(OC)(c4ccc(C(F)(F)F)cc4)C[C@H]3COC(F)F)cc2)cc1. The molecule has 0 aliphatic carbocycles. The molecule has 8 nitrogen and oxygen atoms in total. The largest absolute Gasteiger partial charge is 0.416 e. The number of rotatable bonds is 12. The van der Waals surface area contributed by atoms with E-state index in [9.17, 15) is 40.3 Å². The van der Waals surface area contributed by atoms with E-state index in [1.54, 1.807) is 17.0 Å². The Morgan fingerprint density at radius 2 is 1.67 bits per heavy atom. The van der Waals surface area contributed by atoms with Crippen LogP contribution in [0, 0.1) is 0 Å². The molecule has 14 heteroatoms. The van der Waals surface area contributed by atoms with Crippen LogP contribution in [-0.4, -0.2) is 64.7 Å². The van der Waals surface area contributed by atoms with E-state index in [1.165, 1.54) is 62.6 Å². The van der Waals surface area contributed by atoms with Crippen molar-refractivity contribution in [3.8, 4) is 0 Å². The Morgan fingerprint density at radius 1 is 1.04 bits per heavy atom. The zero-order chi connectivity index (χ0) is 33.0. The molecule has 3 aromatic rings. The van der Waals surface area contributed by atoms with Crippen LogP contribution in [0.3, 0.4) is 0 Å². The molecule has 0 saturated carbocycles. The third kappa shape index (κ3) is 7.80. The van der Waals surface area contributed by atoms with Gasteiger partial charge >= 0.3 is 12.8 Å². The lowest BCUT2D eigenvalue weighted by Crippen LogP contribution is -2.35. The molecule has 1 unspecified atom stereocenters. The highest BCUT2D eigenvalue weighted by Crippen LogP contribution is 2.42. The molecular weight excluding hydrogens is 623 g/mol. The fraction of sp³-hybridized carbons (Fsp3) is 0.387. The predicted octanol–water partition coefficient (Wildman–Crippen LogP) is 5.32. The number of benzene rings is 3. The third-order valence-electron chi connectivity index (χ3n) is 7.95. The van der Waals surface area contributed by atoms with Crippen LogP contribution in [0.4, 0.5) is 27.6 Å². The number of hydrogen-bond acceptors (Lipinski definition) is 7. The lowest BCUT2D eigenvalue weighted by atomic mass is 9.90. The van der Waals surface area contributed by atoms with Gasteiger partial charge in [-0.25, -0.2) is 8.42 Å². The highest BCUT2D eigenvalue weighted by Gasteiger charge is 2.46. The molecule has 0 aromatic heterocycles. The van der Waals surface area contributed by atoms with Crippen molar-refractivity contribution in [2.45, 2.75) is 48.7 Å². The number of sulfone groups is 1. The molecule has 244 valence electrons. The summed E-state index contributed by atoms with van der Waals surface area (Å²) >= 11 is 0. The minimum absolute atomic E-state index is 0.0680. The number of anilines is 1. The number of carbonyl (C=O) groups excluding carboxylic acids is 1. The summed E-state index contributed by atoms with van der Waals surface area (Å²) in [7, 11) is -2.02. The van der Waals surface area contributed by atoms with Crippen LogP contribution in [-0.2, 0) is 31.1 Å². The minimum atomic E-state index is -4.53. The van der Waals surface area contributed by atoms with Crippen LogP contribution >= 0.6 is 0 Å². The third-order valence-corrected chi connectivity index (χ3v) is 9.70. The topological polar surface area (TPSA) is 105 Å². The molecule has 1 saturated heterocycles. The molecule has 2 N–H and O–H groups in total. The van der Waals surface area contributed by atoms with Gasteiger partial charge in [0.25, 0.3) is 5.91 Å². The Hall–Kier alpha value is -3.59. The van der Waals surface area contributed by atoms with Crippen molar-refractivity contribution >= 4 is 21.4 Å². The summed E-state index contributed by atoms with van der Waals surface area (Å²) in [5, 5.41) is 12.6. The van der Waals surface area contributed by atoms with Gasteiger partial charge in [-0.3, -0.25) is 4.79 Å². The summed E-state index contributed by atoms with van der Waals surface area (Å²) in [5.74, 6) is -0.595. The van der Waals surface area contributed by atoms with Crippen molar-refractivity contribution in [1.82, 2.24) is 5.32 Å². The summed E-state index contributed by atoms with van der Waals surface area (Å²) in [6.07, 6.45) is -4.39. The molecule has 1 fully saturated rings. The molecule has 0 spiro atoms. The Morgan fingerprint density at radius 3 is 2.18 bits per heavy atom. The second kappa shape index (κ2) is 13.8. The lowest BCUT2D eigenvalue weighted by molar-refractivity contribution is -0.137. The molecule has 0 radical (unpaired) electrons. The minimum Gasteiger partial charge on any atom is -0.394 e. The lowest BCUT2D eigenvalue weighted by Gasteiger charge is -2.29. The molecule has 1 aliphatic heterocycles. The van der Waals surface area contributed by atoms with Gasteiger partial charge in [-0.1, -0.05) is 31.2 Å². The van der Waals surface area contributed by atoms with Gasteiger partial charge in [0.15, 0.2) is 9.84 Å². The van der Waals surface area contributed by atoms with Gasteiger partial charge in [0.1, 0.15) is 5.60 Å². The quantitative estimate of drug-likeness (QED) is 0.254. The van der Waals surface area contributed by atoms with Crippen molar-refractivity contribution in [1.29, 1.82) is 0 Å².